The van der Waals surface area contributed by atoms with Gasteiger partial charge in [-0.3, -0.25) is 9.59 Å². The highest BCUT2D eigenvalue weighted by Crippen LogP contribution is 2.35. The summed E-state index contributed by atoms with van der Waals surface area (Å²) >= 11 is 19.8. The van der Waals surface area contributed by atoms with Crippen LogP contribution < -0.4 is 20.3 Å². The van der Waals surface area contributed by atoms with Crippen molar-refractivity contribution in [1.82, 2.24) is 25.6 Å². The maximum Gasteiger partial charge on any atom is 0.267 e. The van der Waals surface area contributed by atoms with Crippen molar-refractivity contribution >= 4 is 75.4 Å². The first-order valence-electron chi connectivity index (χ1n) is 10.7. The Balaban J connectivity index is 1.59. The second kappa shape index (κ2) is 11.7. The maximum atomic E-state index is 13.3. The molecule has 3 N–H and O–H groups in total. The second-order valence-electron chi connectivity index (χ2n) is 7.44. The number of benzene rings is 1. The van der Waals surface area contributed by atoms with Crippen molar-refractivity contribution in [3.05, 3.63) is 66.9 Å². The molecular formula is C22H19Cl3N8O3S. The lowest BCUT2D eigenvalue weighted by molar-refractivity contribution is 0.102. The number of tetrazole rings is 1. The molecule has 0 aliphatic carbocycles. The standard InChI is InChI=1S/C22H19Cl3N8O3S/c1-3-33(22-29-31-32-30-22)9-11-10-37-19(17(11)25)21(35)28-18-14(6-13(24)7-15(18)36-2)20(34)27-16-5-4-12(23)8-26-16/h4-8,10H,3,9H2,1-2H3,(H,28,35)(H,26,27,34)(H,29,30,31,32). The van der Waals surface area contributed by atoms with Crippen molar-refractivity contribution < 1.29 is 14.3 Å². The van der Waals surface area contributed by atoms with Crippen LogP contribution in [0.4, 0.5) is 17.5 Å². The highest BCUT2D eigenvalue weighted by atomic mass is 35.5. The van der Waals surface area contributed by atoms with Crippen LogP contribution in [0.3, 0.4) is 0 Å². The number of H-pyrrole nitrogens is 1. The van der Waals surface area contributed by atoms with Crippen LogP contribution >= 0.6 is 46.1 Å². The van der Waals surface area contributed by atoms with E-state index < -0.39 is 11.8 Å². The summed E-state index contributed by atoms with van der Waals surface area (Å²) in [5.74, 6) is -0.155. The van der Waals surface area contributed by atoms with Crippen molar-refractivity contribution in [2.75, 3.05) is 29.2 Å². The third-order valence-electron chi connectivity index (χ3n) is 5.12. The maximum absolute atomic E-state index is 13.3. The van der Waals surface area contributed by atoms with Crippen LogP contribution in [0.2, 0.25) is 15.1 Å². The molecule has 0 spiro atoms. The molecule has 3 aromatic heterocycles. The van der Waals surface area contributed by atoms with E-state index in [-0.39, 0.29) is 37.7 Å². The molecule has 0 aliphatic heterocycles. The predicted molar refractivity (Wildman–Crippen MR) is 143 cm³/mol. The fraction of sp³-hybridized carbons (Fsp3) is 0.182. The Bertz CT molecular complexity index is 1410. The lowest BCUT2D eigenvalue weighted by Crippen LogP contribution is -2.23. The van der Waals surface area contributed by atoms with Gasteiger partial charge in [-0.2, -0.15) is 0 Å². The smallest absolute Gasteiger partial charge is 0.267 e. The molecule has 192 valence electrons. The topological polar surface area (TPSA) is 138 Å². The number of ether oxygens (including phenoxy) is 1. The number of rotatable bonds is 9. The van der Waals surface area contributed by atoms with E-state index in [1.807, 2.05) is 11.8 Å². The molecule has 0 bridgehead atoms. The van der Waals surface area contributed by atoms with E-state index in [0.29, 0.717) is 29.6 Å². The Kier molecular flexibility index (Phi) is 8.44. The van der Waals surface area contributed by atoms with E-state index in [4.69, 9.17) is 39.5 Å². The molecule has 3 heterocycles. The van der Waals surface area contributed by atoms with Gasteiger partial charge in [-0.05, 0) is 40.9 Å². The third kappa shape index (κ3) is 6.10. The summed E-state index contributed by atoms with van der Waals surface area (Å²) in [5, 5.41) is 21.9. The largest absolute Gasteiger partial charge is 0.494 e. The number of carbonyl (C=O) groups excluding carboxylic acids is 2. The van der Waals surface area contributed by atoms with Crippen molar-refractivity contribution in [1.29, 1.82) is 0 Å². The number of hydrogen-bond donors (Lipinski definition) is 3. The Hall–Kier alpha value is -3.45. The number of carbonyl (C=O) groups is 2. The molecule has 0 radical (unpaired) electrons. The van der Waals surface area contributed by atoms with Crippen molar-refractivity contribution in [2.45, 2.75) is 13.5 Å². The van der Waals surface area contributed by atoms with Gasteiger partial charge in [-0.15, -0.1) is 11.3 Å². The number of hydrogen-bond acceptors (Lipinski definition) is 9. The van der Waals surface area contributed by atoms with E-state index >= 15 is 0 Å². The number of nitrogens with zero attached hydrogens (tertiary/aromatic N) is 5. The predicted octanol–water partition coefficient (Wildman–Crippen LogP) is 5.16. The Labute approximate surface area is 230 Å². The highest BCUT2D eigenvalue weighted by Gasteiger charge is 2.24. The first kappa shape index (κ1) is 26.6. The molecule has 1 aromatic carbocycles. The molecule has 2 amide bonds. The number of halogens is 3. The van der Waals surface area contributed by atoms with Gasteiger partial charge in [0, 0.05) is 35.9 Å². The monoisotopic (exact) mass is 580 g/mol. The Morgan fingerprint density at radius 3 is 2.59 bits per heavy atom. The molecule has 0 saturated heterocycles. The second-order valence-corrected chi connectivity index (χ2v) is 9.57. The molecule has 0 unspecified atom stereocenters. The summed E-state index contributed by atoms with van der Waals surface area (Å²) in [6.07, 6.45) is 1.40. The highest BCUT2D eigenvalue weighted by molar-refractivity contribution is 7.13. The first-order chi connectivity index (χ1) is 17.8. The Morgan fingerprint density at radius 1 is 1.14 bits per heavy atom. The summed E-state index contributed by atoms with van der Waals surface area (Å²) in [6.45, 7) is 2.92. The zero-order chi connectivity index (χ0) is 26.5. The number of methoxy groups -OCH3 is 1. The van der Waals surface area contributed by atoms with E-state index in [0.717, 1.165) is 0 Å². The van der Waals surface area contributed by atoms with E-state index in [9.17, 15) is 9.59 Å². The SMILES string of the molecule is CCN(Cc1csc(C(=O)Nc2c(OC)cc(Cl)cc2C(=O)Nc2ccc(Cl)cn2)c1Cl)c1nnn[nH]1. The normalized spacial score (nSPS) is 10.7. The van der Waals surface area contributed by atoms with Crippen LogP contribution in [0.1, 0.15) is 32.5 Å². The minimum Gasteiger partial charge on any atom is -0.494 e. The quantitative estimate of drug-likeness (QED) is 0.247. The zero-order valence-corrected chi connectivity index (χ0v) is 22.5. The van der Waals surface area contributed by atoms with Crippen LogP contribution in [0.25, 0.3) is 0 Å². The van der Waals surface area contributed by atoms with Crippen LogP contribution in [0.5, 0.6) is 5.75 Å². The van der Waals surface area contributed by atoms with Gasteiger partial charge in [0.25, 0.3) is 11.8 Å². The summed E-state index contributed by atoms with van der Waals surface area (Å²) in [6, 6.07) is 6.03. The minimum atomic E-state index is -0.567. The van der Waals surface area contributed by atoms with E-state index in [1.165, 1.54) is 36.8 Å². The first-order valence-corrected chi connectivity index (χ1v) is 12.7. The molecule has 37 heavy (non-hydrogen) atoms. The minimum absolute atomic E-state index is 0.0670. The summed E-state index contributed by atoms with van der Waals surface area (Å²) in [5.41, 5.74) is 0.902. The fourth-order valence-electron chi connectivity index (χ4n) is 3.32. The van der Waals surface area contributed by atoms with Crippen LogP contribution in [-0.4, -0.2) is 51.1 Å². The van der Waals surface area contributed by atoms with Crippen molar-refractivity contribution in [2.24, 2.45) is 0 Å². The Morgan fingerprint density at radius 2 is 1.95 bits per heavy atom. The lowest BCUT2D eigenvalue weighted by atomic mass is 10.1. The molecule has 0 atom stereocenters. The number of aromatic nitrogens is 5. The summed E-state index contributed by atoms with van der Waals surface area (Å²) in [7, 11) is 1.40. The number of nitrogens with one attached hydrogen (secondary N) is 3. The number of thiophene rings is 1. The number of pyridine rings is 1. The molecule has 11 nitrogen and oxygen atoms in total. The lowest BCUT2D eigenvalue weighted by Gasteiger charge is -2.18. The van der Waals surface area contributed by atoms with Gasteiger partial charge in [0.05, 0.1) is 28.4 Å². The van der Waals surface area contributed by atoms with Gasteiger partial charge >= 0.3 is 0 Å². The van der Waals surface area contributed by atoms with Gasteiger partial charge in [0.15, 0.2) is 0 Å². The summed E-state index contributed by atoms with van der Waals surface area (Å²) in [4.78, 5) is 32.6. The van der Waals surface area contributed by atoms with Crippen molar-refractivity contribution in [3.8, 4) is 5.75 Å². The third-order valence-corrected chi connectivity index (χ3v) is 7.14. The molecular weight excluding hydrogens is 563 g/mol. The molecule has 15 heteroatoms. The van der Waals surface area contributed by atoms with Crippen LogP contribution in [0, 0.1) is 0 Å². The molecule has 0 aliphatic rings. The van der Waals surface area contributed by atoms with Crippen LogP contribution in [0.15, 0.2) is 35.8 Å². The van der Waals surface area contributed by atoms with Gasteiger partial charge in [-0.1, -0.05) is 39.9 Å². The number of amides is 2. The van der Waals surface area contributed by atoms with Gasteiger partial charge in [0.1, 0.15) is 16.4 Å². The van der Waals surface area contributed by atoms with Gasteiger partial charge in [-0.25, -0.2) is 10.1 Å². The molecule has 0 saturated carbocycles. The molecule has 4 aromatic rings. The molecule has 4 rings (SSSR count). The zero-order valence-electron chi connectivity index (χ0n) is 19.4. The van der Waals surface area contributed by atoms with E-state index in [1.54, 1.807) is 17.5 Å². The van der Waals surface area contributed by atoms with Crippen LogP contribution in [-0.2, 0) is 6.54 Å². The van der Waals surface area contributed by atoms with Gasteiger partial charge < -0.3 is 20.3 Å². The average molecular weight is 582 g/mol. The van der Waals surface area contributed by atoms with E-state index in [2.05, 4.69) is 36.2 Å². The number of aromatic amines is 1. The van der Waals surface area contributed by atoms with Crippen molar-refractivity contribution in [3.63, 3.8) is 0 Å². The number of anilines is 3. The summed E-state index contributed by atoms with van der Waals surface area (Å²) < 4.78 is 5.39. The fourth-order valence-corrected chi connectivity index (χ4v) is 4.89. The average Bonchev–Trinajstić information content (AvgIpc) is 3.54. The molecule has 0 fully saturated rings. The van der Waals surface area contributed by atoms with Gasteiger partial charge in [0.2, 0.25) is 5.95 Å².